The molecule has 10 nitrogen and oxygen atoms in total. The van der Waals surface area contributed by atoms with E-state index in [-0.39, 0.29) is 31.0 Å². The van der Waals surface area contributed by atoms with Crippen molar-refractivity contribution in [3.8, 4) is 11.5 Å². The topological polar surface area (TPSA) is 131 Å². The fourth-order valence-corrected chi connectivity index (χ4v) is 4.78. The van der Waals surface area contributed by atoms with Crippen LogP contribution in [0.1, 0.15) is 48.1 Å². The summed E-state index contributed by atoms with van der Waals surface area (Å²) >= 11 is 0. The number of ether oxygens (including phenoxy) is 2. The van der Waals surface area contributed by atoms with E-state index in [9.17, 15) is 19.2 Å². The molecule has 210 valence electrons. The number of benzene rings is 2. The minimum Gasteiger partial charge on any atom is -0.497 e. The summed E-state index contributed by atoms with van der Waals surface area (Å²) in [6.45, 7) is 1.51. The van der Waals surface area contributed by atoms with Crippen molar-refractivity contribution in [2.45, 2.75) is 57.2 Å². The number of nitrogens with one attached hydrogen (secondary N) is 2. The molecule has 10 heteroatoms. The van der Waals surface area contributed by atoms with Crippen LogP contribution in [0.4, 0.5) is 0 Å². The van der Waals surface area contributed by atoms with Crippen LogP contribution in [-0.4, -0.2) is 70.6 Å². The van der Waals surface area contributed by atoms with Gasteiger partial charge in [-0.2, -0.15) is 0 Å². The lowest BCUT2D eigenvalue weighted by molar-refractivity contribution is -0.128. The zero-order valence-corrected chi connectivity index (χ0v) is 22.7. The van der Waals surface area contributed by atoms with Crippen LogP contribution in [0.3, 0.4) is 0 Å². The van der Waals surface area contributed by atoms with Gasteiger partial charge < -0.3 is 29.5 Å². The third-order valence-corrected chi connectivity index (χ3v) is 6.77. The molecule has 3 aromatic rings. The molecule has 2 N–H and O–H groups in total. The highest BCUT2D eigenvalue weighted by atomic mass is 16.5. The number of methoxy groups -OCH3 is 1. The average Bonchev–Trinajstić information content (AvgIpc) is 3.60. The van der Waals surface area contributed by atoms with Crippen LogP contribution in [0.5, 0.6) is 11.5 Å². The maximum atomic E-state index is 13.5. The molecular weight excluding hydrogens is 512 g/mol. The average molecular weight is 547 g/mol. The summed E-state index contributed by atoms with van der Waals surface area (Å²) < 4.78 is 11.2. The molecule has 2 heterocycles. The van der Waals surface area contributed by atoms with Gasteiger partial charge in [0.25, 0.3) is 5.91 Å². The number of para-hydroxylation sites is 1. The van der Waals surface area contributed by atoms with E-state index in [4.69, 9.17) is 9.47 Å². The van der Waals surface area contributed by atoms with E-state index in [2.05, 4.69) is 15.3 Å². The summed E-state index contributed by atoms with van der Waals surface area (Å²) in [5.41, 5.74) is 2.00. The van der Waals surface area contributed by atoms with Crippen LogP contribution >= 0.6 is 0 Å². The van der Waals surface area contributed by atoms with Crippen LogP contribution in [-0.2, 0) is 27.2 Å². The van der Waals surface area contributed by atoms with Gasteiger partial charge in [0, 0.05) is 24.7 Å². The van der Waals surface area contributed by atoms with Crippen molar-refractivity contribution >= 4 is 23.9 Å². The van der Waals surface area contributed by atoms with E-state index in [1.54, 1.807) is 25.4 Å². The van der Waals surface area contributed by atoms with E-state index in [0.717, 1.165) is 24.3 Å². The van der Waals surface area contributed by atoms with Gasteiger partial charge in [-0.3, -0.25) is 14.4 Å². The number of aryl methyl sites for hydroxylation is 2. The second-order valence-corrected chi connectivity index (χ2v) is 9.88. The highest BCUT2D eigenvalue weighted by Crippen LogP contribution is 2.25. The lowest BCUT2D eigenvalue weighted by Crippen LogP contribution is -2.49. The Hall–Kier alpha value is -4.47. The number of aromatic amines is 1. The third-order valence-electron chi connectivity index (χ3n) is 6.77. The second-order valence-electron chi connectivity index (χ2n) is 9.88. The first kappa shape index (κ1) is 28.5. The van der Waals surface area contributed by atoms with Crippen LogP contribution < -0.4 is 14.8 Å². The molecule has 0 unspecified atom stereocenters. The van der Waals surface area contributed by atoms with Gasteiger partial charge >= 0.3 is 0 Å². The number of nitrogens with zero attached hydrogens (tertiary/aromatic N) is 2. The lowest BCUT2D eigenvalue weighted by atomic mass is 10.1. The molecule has 0 aliphatic carbocycles. The molecule has 1 saturated heterocycles. The van der Waals surface area contributed by atoms with E-state index >= 15 is 0 Å². The van der Waals surface area contributed by atoms with Crippen LogP contribution in [0.2, 0.25) is 0 Å². The standard InChI is InChI=1S/C30H34N4O6/c1-20(36)15-23(19-35)33-29(37)27-16-26(40-25-9-4-3-5-10-25)18-34(27)30(38)28-31-17-22(32-28)8-6-7-21-11-13-24(39-2)14-12-21/h3-5,9-14,17,19,23,26-27H,6-8,15-16,18H2,1-2H3,(H,31,32)(H,33,37)/t23-,26+,27-/m0/s1. The predicted octanol–water partition coefficient (Wildman–Crippen LogP) is 2.92. The van der Waals surface area contributed by atoms with Crippen molar-refractivity contribution in [3.05, 3.63) is 77.9 Å². The molecule has 0 spiro atoms. The quantitative estimate of drug-likeness (QED) is 0.315. The van der Waals surface area contributed by atoms with Gasteiger partial charge in [0.2, 0.25) is 5.91 Å². The van der Waals surface area contributed by atoms with E-state index in [1.807, 2.05) is 42.5 Å². The Morgan fingerprint density at radius 1 is 1.10 bits per heavy atom. The van der Waals surface area contributed by atoms with E-state index in [1.165, 1.54) is 17.4 Å². The minimum absolute atomic E-state index is 0.113. The number of Topliss-reactive ketones (excluding diaryl/α,β-unsaturated/α-hetero) is 1. The fraction of sp³-hybridized carbons (Fsp3) is 0.367. The number of H-pyrrole nitrogens is 1. The molecule has 1 aliphatic rings. The fourth-order valence-electron chi connectivity index (χ4n) is 4.78. The second kappa shape index (κ2) is 13.5. The number of imidazole rings is 1. The number of aromatic nitrogens is 2. The highest BCUT2D eigenvalue weighted by molar-refractivity contribution is 5.96. The maximum absolute atomic E-state index is 13.5. The number of aldehydes is 1. The normalized spacial score (nSPS) is 17.2. The van der Waals surface area contributed by atoms with E-state index < -0.39 is 30.0 Å². The summed E-state index contributed by atoms with van der Waals surface area (Å²) in [4.78, 5) is 58.5. The molecule has 0 saturated carbocycles. The molecular formula is C30H34N4O6. The van der Waals surface area contributed by atoms with Crippen molar-refractivity contribution in [3.63, 3.8) is 0 Å². The van der Waals surface area contributed by atoms with Crippen molar-refractivity contribution < 1.29 is 28.7 Å². The molecule has 4 rings (SSSR count). The van der Waals surface area contributed by atoms with Gasteiger partial charge in [0.15, 0.2) is 5.82 Å². The summed E-state index contributed by atoms with van der Waals surface area (Å²) in [7, 11) is 1.63. The van der Waals surface area contributed by atoms with Crippen molar-refractivity contribution in [1.82, 2.24) is 20.2 Å². The predicted molar refractivity (Wildman–Crippen MR) is 147 cm³/mol. The van der Waals surface area contributed by atoms with Gasteiger partial charge in [-0.25, -0.2) is 4.98 Å². The Kier molecular flexibility index (Phi) is 9.66. The Morgan fingerprint density at radius 3 is 2.52 bits per heavy atom. The maximum Gasteiger partial charge on any atom is 0.290 e. The van der Waals surface area contributed by atoms with Crippen LogP contribution in [0, 0.1) is 0 Å². The Morgan fingerprint density at radius 2 is 1.85 bits per heavy atom. The summed E-state index contributed by atoms with van der Waals surface area (Å²) in [5.74, 6) is 0.393. The van der Waals surface area contributed by atoms with Crippen molar-refractivity contribution in [2.75, 3.05) is 13.7 Å². The van der Waals surface area contributed by atoms with Crippen molar-refractivity contribution in [2.24, 2.45) is 0 Å². The first-order chi connectivity index (χ1) is 19.4. The van der Waals surface area contributed by atoms with Crippen molar-refractivity contribution in [1.29, 1.82) is 0 Å². The number of likely N-dealkylation sites (tertiary alicyclic amines) is 1. The van der Waals surface area contributed by atoms with Gasteiger partial charge in [-0.15, -0.1) is 0 Å². The highest BCUT2D eigenvalue weighted by Gasteiger charge is 2.42. The number of carbonyl (C=O) groups is 4. The van der Waals surface area contributed by atoms with Gasteiger partial charge in [-0.1, -0.05) is 30.3 Å². The Labute approximate surface area is 233 Å². The van der Waals surface area contributed by atoms with Crippen LogP contribution in [0.15, 0.2) is 60.8 Å². The number of hydrogen-bond acceptors (Lipinski definition) is 7. The molecule has 2 amide bonds. The van der Waals surface area contributed by atoms with E-state index in [0.29, 0.717) is 18.5 Å². The summed E-state index contributed by atoms with van der Waals surface area (Å²) in [5, 5.41) is 2.60. The van der Waals surface area contributed by atoms with Gasteiger partial charge in [0.05, 0.1) is 19.7 Å². The molecule has 40 heavy (non-hydrogen) atoms. The molecule has 1 aromatic heterocycles. The minimum atomic E-state index is -0.961. The molecule has 0 radical (unpaired) electrons. The molecule has 2 aromatic carbocycles. The van der Waals surface area contributed by atoms with Gasteiger partial charge in [-0.05, 0) is 56.0 Å². The Balaban J connectivity index is 1.42. The first-order valence-corrected chi connectivity index (χ1v) is 13.3. The SMILES string of the molecule is COc1ccc(CCCc2cnc(C(=O)N3C[C@H](Oc4ccccc4)C[C@H]3C(=O)N[C@H](C=O)CC(C)=O)[nH]2)cc1. The molecule has 1 fully saturated rings. The number of rotatable bonds is 13. The zero-order valence-electron chi connectivity index (χ0n) is 22.7. The molecule has 3 atom stereocenters. The summed E-state index contributed by atoms with van der Waals surface area (Å²) in [6, 6.07) is 15.2. The lowest BCUT2D eigenvalue weighted by Gasteiger charge is -2.23. The Bertz CT molecular complexity index is 1310. The number of ketones is 1. The smallest absolute Gasteiger partial charge is 0.290 e. The first-order valence-electron chi connectivity index (χ1n) is 13.3. The zero-order chi connectivity index (χ0) is 28.5. The van der Waals surface area contributed by atoms with Gasteiger partial charge in [0.1, 0.15) is 35.7 Å². The number of amides is 2. The molecule has 0 bridgehead atoms. The monoisotopic (exact) mass is 546 g/mol. The largest absolute Gasteiger partial charge is 0.497 e. The number of carbonyl (C=O) groups excluding carboxylic acids is 4. The number of hydrogen-bond donors (Lipinski definition) is 2. The van der Waals surface area contributed by atoms with Crippen LogP contribution in [0.25, 0.3) is 0 Å². The molecule has 1 aliphatic heterocycles. The summed E-state index contributed by atoms with van der Waals surface area (Å²) in [6.07, 6.45) is 4.25. The third kappa shape index (κ3) is 7.56.